The highest BCUT2D eigenvalue weighted by Gasteiger charge is 2.18. The zero-order valence-corrected chi connectivity index (χ0v) is 19.9. The van der Waals surface area contributed by atoms with Gasteiger partial charge in [0.1, 0.15) is 15.5 Å². The molecular weight excluding hydrogens is 446 g/mol. The summed E-state index contributed by atoms with van der Waals surface area (Å²) in [5.41, 5.74) is 0.992. The zero-order chi connectivity index (χ0) is 22.8. The summed E-state index contributed by atoms with van der Waals surface area (Å²) < 4.78 is 11.4. The van der Waals surface area contributed by atoms with Gasteiger partial charge in [-0.2, -0.15) is 0 Å². The molecule has 0 aliphatic carbocycles. The molecule has 32 heavy (non-hydrogen) atoms. The van der Waals surface area contributed by atoms with E-state index in [1.807, 2.05) is 55.4 Å². The molecule has 0 unspecified atom stereocenters. The SMILES string of the molecule is COc1ccc2cc(CN(C)C(=O)COC(=O)c3cc4sc(N(C)C)nc4s3)ccc2c1. The van der Waals surface area contributed by atoms with Crippen LogP contribution in [0.5, 0.6) is 5.75 Å². The number of carbonyl (C=O) groups excluding carboxylic acids is 2. The number of esters is 1. The van der Waals surface area contributed by atoms with Gasteiger partial charge in [-0.3, -0.25) is 4.79 Å². The van der Waals surface area contributed by atoms with Crippen LogP contribution in [0.2, 0.25) is 0 Å². The Morgan fingerprint density at radius 1 is 1.00 bits per heavy atom. The molecule has 9 heteroatoms. The predicted octanol–water partition coefficient (Wildman–Crippen LogP) is 4.40. The summed E-state index contributed by atoms with van der Waals surface area (Å²) in [5, 5.41) is 3.02. The molecule has 0 bridgehead atoms. The van der Waals surface area contributed by atoms with Gasteiger partial charge in [0.25, 0.3) is 5.91 Å². The normalized spacial score (nSPS) is 11.0. The van der Waals surface area contributed by atoms with Gasteiger partial charge >= 0.3 is 5.97 Å². The monoisotopic (exact) mass is 469 g/mol. The molecule has 0 radical (unpaired) electrons. The van der Waals surface area contributed by atoms with Crippen molar-refractivity contribution >= 4 is 60.0 Å². The summed E-state index contributed by atoms with van der Waals surface area (Å²) in [6.07, 6.45) is 0. The molecule has 0 spiro atoms. The number of thiophene rings is 1. The van der Waals surface area contributed by atoms with Crippen molar-refractivity contribution in [2.75, 3.05) is 39.8 Å². The van der Waals surface area contributed by atoms with Crippen molar-refractivity contribution in [2.45, 2.75) is 6.54 Å². The first-order valence-corrected chi connectivity index (χ1v) is 11.5. The van der Waals surface area contributed by atoms with Gasteiger partial charge in [-0.05, 0) is 40.6 Å². The Morgan fingerprint density at radius 2 is 1.75 bits per heavy atom. The molecular formula is C23H23N3O4S2. The average Bonchev–Trinajstić information content (AvgIpc) is 3.36. The molecule has 0 aliphatic rings. The Morgan fingerprint density at radius 3 is 2.47 bits per heavy atom. The topological polar surface area (TPSA) is 72.0 Å². The van der Waals surface area contributed by atoms with Crippen molar-refractivity contribution < 1.29 is 19.1 Å². The van der Waals surface area contributed by atoms with Gasteiger partial charge in [0.15, 0.2) is 11.7 Å². The Bertz CT molecular complexity index is 1260. The van der Waals surface area contributed by atoms with Crippen molar-refractivity contribution in [3.05, 3.63) is 52.9 Å². The number of nitrogens with zero attached hydrogens (tertiary/aromatic N) is 3. The predicted molar refractivity (Wildman–Crippen MR) is 129 cm³/mol. The summed E-state index contributed by atoms with van der Waals surface area (Å²) in [5.74, 6) is 0.0337. The van der Waals surface area contributed by atoms with E-state index in [1.54, 1.807) is 25.1 Å². The van der Waals surface area contributed by atoms with Crippen molar-refractivity contribution in [3.63, 3.8) is 0 Å². The lowest BCUT2D eigenvalue weighted by Gasteiger charge is -2.17. The zero-order valence-electron chi connectivity index (χ0n) is 18.2. The van der Waals surface area contributed by atoms with E-state index >= 15 is 0 Å². The third-order valence-electron chi connectivity index (χ3n) is 4.95. The number of ether oxygens (including phenoxy) is 2. The third-order valence-corrected chi connectivity index (χ3v) is 7.25. The second-order valence-corrected chi connectivity index (χ2v) is 9.58. The van der Waals surface area contributed by atoms with Crippen molar-refractivity contribution in [1.82, 2.24) is 9.88 Å². The van der Waals surface area contributed by atoms with Crippen LogP contribution in [0.25, 0.3) is 20.3 Å². The van der Waals surface area contributed by atoms with Crippen molar-refractivity contribution in [2.24, 2.45) is 0 Å². The van der Waals surface area contributed by atoms with Crippen LogP contribution in [-0.4, -0.2) is 56.6 Å². The highest BCUT2D eigenvalue weighted by molar-refractivity contribution is 7.29. The Hall–Kier alpha value is -3.17. The number of anilines is 1. The van der Waals surface area contributed by atoms with Crippen LogP contribution < -0.4 is 9.64 Å². The molecule has 0 saturated carbocycles. The molecule has 0 fully saturated rings. The standard InChI is InChI=1S/C23H23N3O4S2/c1-25(2)23-24-21-18(32-23)11-19(31-21)22(28)30-13-20(27)26(3)12-14-5-6-16-10-17(29-4)8-7-15(16)9-14/h5-11H,12-13H2,1-4H3. The molecule has 4 aromatic rings. The molecule has 2 aromatic carbocycles. The first-order valence-electron chi connectivity index (χ1n) is 9.89. The number of amides is 1. The van der Waals surface area contributed by atoms with Crippen LogP contribution in [0.3, 0.4) is 0 Å². The van der Waals surface area contributed by atoms with Crippen LogP contribution in [0.4, 0.5) is 5.13 Å². The highest BCUT2D eigenvalue weighted by atomic mass is 32.1. The fourth-order valence-corrected chi connectivity index (χ4v) is 5.21. The molecule has 0 aliphatic heterocycles. The van der Waals surface area contributed by atoms with E-state index in [-0.39, 0.29) is 12.5 Å². The van der Waals surface area contributed by atoms with Gasteiger partial charge in [0.2, 0.25) is 0 Å². The van der Waals surface area contributed by atoms with Crippen molar-refractivity contribution in [1.29, 1.82) is 0 Å². The molecule has 7 nitrogen and oxygen atoms in total. The Labute approximate surface area is 193 Å². The molecule has 0 atom stereocenters. The molecule has 166 valence electrons. The number of likely N-dealkylation sites (N-methyl/N-ethyl adjacent to an activating group) is 1. The first-order chi connectivity index (χ1) is 15.3. The molecule has 2 heterocycles. The van der Waals surface area contributed by atoms with Gasteiger partial charge in [0.05, 0.1) is 11.8 Å². The maximum Gasteiger partial charge on any atom is 0.348 e. The van der Waals surface area contributed by atoms with Crippen LogP contribution in [0, 0.1) is 0 Å². The van der Waals surface area contributed by atoms with Gasteiger partial charge in [-0.15, -0.1) is 11.3 Å². The number of methoxy groups -OCH3 is 1. The van der Waals surface area contributed by atoms with E-state index in [0.29, 0.717) is 11.4 Å². The van der Waals surface area contributed by atoms with Gasteiger partial charge in [-0.1, -0.05) is 29.5 Å². The first kappa shape index (κ1) is 22.0. The number of fused-ring (bicyclic) bond motifs is 2. The number of benzene rings is 2. The van der Waals surface area contributed by atoms with E-state index in [2.05, 4.69) is 4.98 Å². The average molecular weight is 470 g/mol. The Kier molecular flexibility index (Phi) is 6.29. The van der Waals surface area contributed by atoms with Crippen LogP contribution in [-0.2, 0) is 16.1 Å². The lowest BCUT2D eigenvalue weighted by molar-refractivity contribution is -0.133. The summed E-state index contributed by atoms with van der Waals surface area (Å²) in [4.78, 5) is 34.1. The van der Waals surface area contributed by atoms with E-state index < -0.39 is 5.97 Å². The lowest BCUT2D eigenvalue weighted by atomic mass is 10.1. The lowest BCUT2D eigenvalue weighted by Crippen LogP contribution is -2.30. The van der Waals surface area contributed by atoms with Gasteiger partial charge in [0, 0.05) is 27.7 Å². The number of carbonyl (C=O) groups is 2. The Balaban J connectivity index is 1.34. The number of hydrogen-bond acceptors (Lipinski definition) is 8. The molecule has 0 N–H and O–H groups in total. The largest absolute Gasteiger partial charge is 0.497 e. The minimum atomic E-state index is -0.506. The molecule has 1 amide bonds. The fraction of sp³-hybridized carbons (Fsp3) is 0.261. The number of thiazole rings is 1. The van der Waals surface area contributed by atoms with E-state index in [9.17, 15) is 9.59 Å². The van der Waals surface area contributed by atoms with Crippen LogP contribution >= 0.6 is 22.7 Å². The second kappa shape index (κ2) is 9.13. The van der Waals surface area contributed by atoms with E-state index in [4.69, 9.17) is 9.47 Å². The summed E-state index contributed by atoms with van der Waals surface area (Å²) in [7, 11) is 7.19. The summed E-state index contributed by atoms with van der Waals surface area (Å²) >= 11 is 2.79. The molecule has 2 aromatic heterocycles. The minimum absolute atomic E-state index is 0.264. The highest BCUT2D eigenvalue weighted by Crippen LogP contribution is 2.34. The maximum absolute atomic E-state index is 12.5. The van der Waals surface area contributed by atoms with Crippen molar-refractivity contribution in [3.8, 4) is 5.75 Å². The maximum atomic E-state index is 12.5. The quantitative estimate of drug-likeness (QED) is 0.374. The number of hydrogen-bond donors (Lipinski definition) is 0. The fourth-order valence-electron chi connectivity index (χ4n) is 3.18. The second-order valence-electron chi connectivity index (χ2n) is 7.54. The van der Waals surface area contributed by atoms with Gasteiger partial charge in [-0.25, -0.2) is 9.78 Å². The van der Waals surface area contributed by atoms with Gasteiger partial charge < -0.3 is 19.3 Å². The smallest absolute Gasteiger partial charge is 0.348 e. The van der Waals surface area contributed by atoms with Crippen LogP contribution in [0.1, 0.15) is 15.2 Å². The third kappa shape index (κ3) is 4.68. The summed E-state index contributed by atoms with van der Waals surface area (Å²) in [6.45, 7) is 0.117. The molecule has 0 saturated heterocycles. The van der Waals surface area contributed by atoms with E-state index in [0.717, 1.165) is 36.7 Å². The number of rotatable bonds is 7. The van der Waals surface area contributed by atoms with Crippen LogP contribution in [0.15, 0.2) is 42.5 Å². The van der Waals surface area contributed by atoms with E-state index in [1.165, 1.54) is 22.7 Å². The number of aromatic nitrogens is 1. The minimum Gasteiger partial charge on any atom is -0.497 e. The summed E-state index contributed by atoms with van der Waals surface area (Å²) in [6, 6.07) is 13.7. The molecule has 4 rings (SSSR count).